The zero-order valence-corrected chi connectivity index (χ0v) is 16.1. The molecule has 0 atom stereocenters. The summed E-state index contributed by atoms with van der Waals surface area (Å²) in [6.07, 6.45) is 15.9. The van der Waals surface area contributed by atoms with Crippen molar-refractivity contribution < 1.29 is 4.48 Å². The minimum absolute atomic E-state index is 0.803. The van der Waals surface area contributed by atoms with Crippen LogP contribution in [0.15, 0.2) is 77.8 Å². The van der Waals surface area contributed by atoms with Crippen LogP contribution in [0.1, 0.15) is 32.3 Å². The molecule has 0 spiro atoms. The Morgan fingerprint density at radius 2 is 1.84 bits per heavy atom. The van der Waals surface area contributed by atoms with Crippen LogP contribution in [-0.2, 0) is 0 Å². The van der Waals surface area contributed by atoms with E-state index in [0.29, 0.717) is 0 Å². The second-order valence-corrected chi connectivity index (χ2v) is 7.38. The molecule has 0 saturated heterocycles. The molecule has 1 aromatic carbocycles. The Labute approximate surface area is 152 Å². The van der Waals surface area contributed by atoms with E-state index in [-0.39, 0.29) is 0 Å². The van der Waals surface area contributed by atoms with E-state index in [1.54, 1.807) is 0 Å². The fraction of sp³-hybridized carbons (Fsp3) is 0.304. The lowest BCUT2D eigenvalue weighted by atomic mass is 9.99. The largest absolute Gasteiger partial charge is 0.351 e. The summed E-state index contributed by atoms with van der Waals surface area (Å²) >= 11 is 0. The van der Waals surface area contributed by atoms with Gasteiger partial charge in [-0.2, -0.15) is 0 Å². The maximum absolute atomic E-state index is 2.39. The van der Waals surface area contributed by atoms with Crippen molar-refractivity contribution >= 4 is 11.3 Å². The lowest BCUT2D eigenvalue weighted by Gasteiger charge is -2.33. The number of fused-ring (bicyclic) bond motifs is 1. The molecule has 0 fully saturated rings. The predicted molar refractivity (Wildman–Crippen MR) is 109 cm³/mol. The molecule has 0 N–H and O–H groups in total. The highest BCUT2D eigenvalue weighted by Crippen LogP contribution is 2.33. The molecule has 1 aliphatic carbocycles. The van der Waals surface area contributed by atoms with Gasteiger partial charge in [-0.1, -0.05) is 24.3 Å². The molecule has 130 valence electrons. The number of likely N-dealkylation sites (N-methyl/N-ethyl adjacent to an activating group) is 1. The normalized spacial score (nSPS) is 19.6. The third kappa shape index (κ3) is 3.40. The SMILES string of the molecule is CC1=CCCC=C1[N+](C)(C)C(C)=CC=C1C=CN(C)c2ccccc21. The van der Waals surface area contributed by atoms with Gasteiger partial charge in [-0.3, -0.25) is 4.48 Å². The van der Waals surface area contributed by atoms with Gasteiger partial charge in [-0.15, -0.1) is 0 Å². The van der Waals surface area contributed by atoms with E-state index in [9.17, 15) is 0 Å². The van der Waals surface area contributed by atoms with Crippen LogP contribution in [-0.4, -0.2) is 25.6 Å². The first-order chi connectivity index (χ1) is 11.9. The minimum Gasteiger partial charge on any atom is -0.351 e. The Balaban J connectivity index is 1.93. The molecule has 25 heavy (non-hydrogen) atoms. The Morgan fingerprint density at radius 1 is 1.12 bits per heavy atom. The van der Waals surface area contributed by atoms with Crippen LogP contribution in [0.3, 0.4) is 0 Å². The van der Waals surface area contributed by atoms with Crippen molar-refractivity contribution in [3.63, 3.8) is 0 Å². The molecule has 2 heteroatoms. The van der Waals surface area contributed by atoms with Gasteiger partial charge < -0.3 is 4.90 Å². The van der Waals surface area contributed by atoms with Crippen molar-refractivity contribution in [1.82, 2.24) is 0 Å². The van der Waals surface area contributed by atoms with E-state index in [4.69, 9.17) is 0 Å². The summed E-state index contributed by atoms with van der Waals surface area (Å²) in [5.41, 5.74) is 7.95. The molecule has 3 rings (SSSR count). The Hall–Kier alpha value is -2.32. The molecule has 1 heterocycles. The molecule has 1 aromatic rings. The monoisotopic (exact) mass is 333 g/mol. The van der Waals surface area contributed by atoms with E-state index in [2.05, 4.69) is 101 Å². The molecule has 1 aliphatic heterocycles. The summed E-state index contributed by atoms with van der Waals surface area (Å²) in [5.74, 6) is 0. The molecule has 0 bridgehead atoms. The fourth-order valence-electron chi connectivity index (χ4n) is 3.57. The highest BCUT2D eigenvalue weighted by atomic mass is 15.3. The minimum atomic E-state index is 0.803. The first kappa shape index (κ1) is 17.5. The van der Waals surface area contributed by atoms with Crippen LogP contribution in [0.25, 0.3) is 5.57 Å². The molecule has 2 nitrogen and oxygen atoms in total. The average molecular weight is 333 g/mol. The number of hydrogen-bond acceptors (Lipinski definition) is 1. The number of rotatable bonds is 3. The van der Waals surface area contributed by atoms with E-state index in [1.807, 2.05) is 0 Å². The Bertz CT molecular complexity index is 816. The third-order valence-electron chi connectivity index (χ3n) is 5.42. The lowest BCUT2D eigenvalue weighted by molar-refractivity contribution is -0.810. The summed E-state index contributed by atoms with van der Waals surface area (Å²) in [6.45, 7) is 4.46. The number of anilines is 1. The molecular formula is C23H29N2+. The van der Waals surface area contributed by atoms with Gasteiger partial charge in [-0.25, -0.2) is 0 Å². The summed E-state index contributed by atoms with van der Waals surface area (Å²) in [5, 5.41) is 0. The van der Waals surface area contributed by atoms with Gasteiger partial charge in [0.05, 0.1) is 14.1 Å². The molecule has 0 amide bonds. The van der Waals surface area contributed by atoms with Gasteiger partial charge in [0, 0.05) is 37.0 Å². The molecule has 0 saturated carbocycles. The number of nitrogens with zero attached hydrogens (tertiary/aromatic N) is 2. The smallest absolute Gasteiger partial charge is 0.135 e. The van der Waals surface area contributed by atoms with Crippen molar-refractivity contribution in [2.75, 3.05) is 26.0 Å². The highest BCUT2D eigenvalue weighted by molar-refractivity contribution is 5.86. The van der Waals surface area contributed by atoms with Gasteiger partial charge in [0.25, 0.3) is 0 Å². The summed E-state index contributed by atoms with van der Waals surface area (Å²) < 4.78 is 0.803. The zero-order chi connectivity index (χ0) is 18.0. The van der Waals surface area contributed by atoms with Gasteiger partial charge >= 0.3 is 0 Å². The van der Waals surface area contributed by atoms with Crippen molar-refractivity contribution in [3.05, 3.63) is 83.4 Å². The van der Waals surface area contributed by atoms with Crippen molar-refractivity contribution in [2.24, 2.45) is 0 Å². The zero-order valence-electron chi connectivity index (χ0n) is 16.1. The first-order valence-electron chi connectivity index (χ1n) is 9.02. The van der Waals surface area contributed by atoms with Gasteiger partial charge in [0.1, 0.15) is 11.4 Å². The summed E-state index contributed by atoms with van der Waals surface area (Å²) in [6, 6.07) is 8.57. The molecule has 0 aromatic heterocycles. The second-order valence-electron chi connectivity index (χ2n) is 7.38. The topological polar surface area (TPSA) is 3.24 Å². The number of allylic oxidation sites excluding steroid dienone is 8. The maximum atomic E-state index is 2.39. The summed E-state index contributed by atoms with van der Waals surface area (Å²) in [7, 11) is 6.65. The number of benzene rings is 1. The Kier molecular flexibility index (Phi) is 4.82. The van der Waals surface area contributed by atoms with E-state index < -0.39 is 0 Å². The molecule has 0 radical (unpaired) electrons. The van der Waals surface area contributed by atoms with Crippen molar-refractivity contribution in [3.8, 4) is 0 Å². The maximum Gasteiger partial charge on any atom is 0.135 e. The first-order valence-corrected chi connectivity index (χ1v) is 9.02. The average Bonchev–Trinajstić information content (AvgIpc) is 2.61. The van der Waals surface area contributed by atoms with Gasteiger partial charge in [-0.05, 0) is 55.7 Å². The fourth-order valence-corrected chi connectivity index (χ4v) is 3.57. The highest BCUT2D eigenvalue weighted by Gasteiger charge is 2.27. The van der Waals surface area contributed by atoms with E-state index in [1.165, 1.54) is 33.8 Å². The van der Waals surface area contributed by atoms with Crippen LogP contribution in [0.2, 0.25) is 0 Å². The number of quaternary nitrogens is 1. The summed E-state index contributed by atoms with van der Waals surface area (Å²) in [4.78, 5) is 2.17. The molecule has 0 unspecified atom stereocenters. The van der Waals surface area contributed by atoms with E-state index in [0.717, 1.165) is 17.3 Å². The van der Waals surface area contributed by atoms with Crippen LogP contribution >= 0.6 is 0 Å². The molecule has 2 aliphatic rings. The van der Waals surface area contributed by atoms with Gasteiger partial charge in [0.2, 0.25) is 0 Å². The van der Waals surface area contributed by atoms with Crippen LogP contribution in [0, 0.1) is 0 Å². The number of para-hydroxylation sites is 1. The van der Waals surface area contributed by atoms with Gasteiger partial charge in [0.15, 0.2) is 0 Å². The number of hydrogen-bond donors (Lipinski definition) is 0. The third-order valence-corrected chi connectivity index (χ3v) is 5.42. The van der Waals surface area contributed by atoms with Crippen LogP contribution < -0.4 is 4.90 Å². The van der Waals surface area contributed by atoms with Crippen molar-refractivity contribution in [1.29, 1.82) is 0 Å². The Morgan fingerprint density at radius 3 is 2.60 bits per heavy atom. The second kappa shape index (κ2) is 6.89. The quantitative estimate of drug-likeness (QED) is 0.647. The van der Waals surface area contributed by atoms with Crippen molar-refractivity contribution in [2.45, 2.75) is 26.7 Å². The molecular weight excluding hydrogens is 304 g/mol. The predicted octanol–water partition coefficient (Wildman–Crippen LogP) is 5.64. The lowest BCUT2D eigenvalue weighted by Crippen LogP contribution is -2.37. The van der Waals surface area contributed by atoms with E-state index >= 15 is 0 Å². The van der Waals surface area contributed by atoms with Crippen LogP contribution in [0.4, 0.5) is 5.69 Å². The standard InChI is InChI=1S/C23H29N2/c1-18-10-6-9-13-23(18)25(4,5)19(2)14-15-20-16-17-24(3)22-12-8-7-11-21(20)22/h7-8,10-17H,6,9H2,1-5H3/q+1. The van der Waals surface area contributed by atoms with Crippen LogP contribution in [0.5, 0.6) is 0 Å².